The van der Waals surface area contributed by atoms with E-state index in [1.54, 1.807) is 0 Å². The maximum Gasteiger partial charge on any atom is 0.303 e. The molecule has 0 aromatic carbocycles. The summed E-state index contributed by atoms with van der Waals surface area (Å²) in [6.07, 6.45) is 5.37. The van der Waals surface area contributed by atoms with Gasteiger partial charge in [0.1, 0.15) is 0 Å². The van der Waals surface area contributed by atoms with E-state index in [1.165, 1.54) is 19.3 Å². The van der Waals surface area contributed by atoms with E-state index in [2.05, 4.69) is 5.32 Å². The number of carbonyl (C=O) groups is 1. The van der Waals surface area contributed by atoms with E-state index in [0.29, 0.717) is 12.3 Å². The highest BCUT2D eigenvalue weighted by atomic mass is 16.4. The quantitative estimate of drug-likeness (QED) is 0.718. The number of aliphatic carboxylic acids is 1. The summed E-state index contributed by atoms with van der Waals surface area (Å²) in [4.78, 5) is 10.8. The summed E-state index contributed by atoms with van der Waals surface area (Å²) in [6.45, 7) is 0.875. The molecule has 14 heavy (non-hydrogen) atoms. The summed E-state index contributed by atoms with van der Waals surface area (Å²) in [5.74, 6) is 0.888. The van der Waals surface area contributed by atoms with Crippen LogP contribution in [0.1, 0.15) is 32.1 Å². The third kappa shape index (κ3) is 1.44. The van der Waals surface area contributed by atoms with Gasteiger partial charge in [0.25, 0.3) is 0 Å². The Kier molecular flexibility index (Phi) is 2.52. The zero-order valence-corrected chi connectivity index (χ0v) is 8.75. The van der Waals surface area contributed by atoms with Crippen molar-refractivity contribution in [1.82, 2.24) is 5.32 Å². The summed E-state index contributed by atoms with van der Waals surface area (Å²) in [6, 6.07) is 0. The van der Waals surface area contributed by atoms with E-state index in [4.69, 9.17) is 5.11 Å². The minimum absolute atomic E-state index is 0.0851. The standard InChI is InChI=1S/C11H19NO2/c1-12-7-11(6-10(13)14)5-8-3-2-4-9(8)11/h8-9,12H,2-7H2,1H3,(H,13,14)/t8-,9-,11+/m1/s1. The molecule has 2 fully saturated rings. The highest BCUT2D eigenvalue weighted by molar-refractivity contribution is 5.68. The van der Waals surface area contributed by atoms with Gasteiger partial charge in [-0.25, -0.2) is 0 Å². The number of hydrogen-bond acceptors (Lipinski definition) is 2. The highest BCUT2D eigenvalue weighted by Crippen LogP contribution is 2.60. The molecule has 3 heteroatoms. The Morgan fingerprint density at radius 2 is 2.36 bits per heavy atom. The van der Waals surface area contributed by atoms with E-state index in [9.17, 15) is 4.79 Å². The molecule has 0 saturated heterocycles. The van der Waals surface area contributed by atoms with Crippen LogP contribution in [0, 0.1) is 17.3 Å². The lowest BCUT2D eigenvalue weighted by atomic mass is 9.53. The second-order valence-electron chi connectivity index (χ2n) is 4.96. The molecular weight excluding hydrogens is 178 g/mol. The van der Waals surface area contributed by atoms with Crippen LogP contribution in [-0.2, 0) is 4.79 Å². The smallest absolute Gasteiger partial charge is 0.303 e. The fourth-order valence-corrected chi connectivity index (χ4v) is 3.72. The van der Waals surface area contributed by atoms with Gasteiger partial charge in [-0.3, -0.25) is 4.79 Å². The van der Waals surface area contributed by atoms with Gasteiger partial charge in [0.2, 0.25) is 0 Å². The normalized spacial score (nSPS) is 40.4. The van der Waals surface area contributed by atoms with Crippen molar-refractivity contribution in [3.05, 3.63) is 0 Å². The maximum absolute atomic E-state index is 10.8. The Bertz CT molecular complexity index is 241. The van der Waals surface area contributed by atoms with Crippen molar-refractivity contribution < 1.29 is 9.90 Å². The predicted octanol–water partition coefficient (Wildman–Crippen LogP) is 1.49. The molecule has 2 aliphatic carbocycles. The fourth-order valence-electron chi connectivity index (χ4n) is 3.72. The first-order valence-corrected chi connectivity index (χ1v) is 5.54. The summed E-state index contributed by atoms with van der Waals surface area (Å²) in [5.41, 5.74) is 0.0851. The van der Waals surface area contributed by atoms with Crippen LogP contribution in [-0.4, -0.2) is 24.7 Å². The first-order valence-electron chi connectivity index (χ1n) is 5.54. The average molecular weight is 197 g/mol. The Balaban J connectivity index is 2.04. The number of carboxylic acid groups (broad SMARTS) is 1. The zero-order valence-electron chi connectivity index (χ0n) is 8.75. The first kappa shape index (κ1) is 9.97. The van der Waals surface area contributed by atoms with Crippen molar-refractivity contribution in [2.24, 2.45) is 17.3 Å². The second kappa shape index (κ2) is 3.54. The topological polar surface area (TPSA) is 49.3 Å². The van der Waals surface area contributed by atoms with Gasteiger partial charge in [0, 0.05) is 6.54 Å². The third-order valence-electron chi connectivity index (χ3n) is 4.15. The molecule has 0 bridgehead atoms. The molecule has 0 spiro atoms. The van der Waals surface area contributed by atoms with Crippen molar-refractivity contribution in [1.29, 1.82) is 0 Å². The SMILES string of the molecule is CNC[C@@]1(CC(=O)O)C[C@H]2CCC[C@H]21. The van der Waals surface area contributed by atoms with E-state index < -0.39 is 5.97 Å². The fraction of sp³-hybridized carbons (Fsp3) is 0.909. The lowest BCUT2D eigenvalue weighted by Crippen LogP contribution is -2.51. The van der Waals surface area contributed by atoms with Gasteiger partial charge in [-0.15, -0.1) is 0 Å². The molecule has 2 rings (SSSR count). The van der Waals surface area contributed by atoms with Gasteiger partial charge in [-0.05, 0) is 37.1 Å². The van der Waals surface area contributed by atoms with Crippen molar-refractivity contribution in [2.75, 3.05) is 13.6 Å². The molecule has 2 N–H and O–H groups in total. The summed E-state index contributed by atoms with van der Waals surface area (Å²) < 4.78 is 0. The van der Waals surface area contributed by atoms with Gasteiger partial charge in [0.05, 0.1) is 6.42 Å². The van der Waals surface area contributed by atoms with Crippen molar-refractivity contribution >= 4 is 5.97 Å². The number of carboxylic acids is 1. The molecule has 3 atom stereocenters. The molecule has 0 radical (unpaired) electrons. The molecule has 0 aromatic heterocycles. The van der Waals surface area contributed by atoms with E-state index in [0.717, 1.165) is 18.9 Å². The molecule has 0 heterocycles. The summed E-state index contributed by atoms with van der Waals surface area (Å²) >= 11 is 0. The predicted molar refractivity (Wildman–Crippen MR) is 54.1 cm³/mol. The number of fused-ring (bicyclic) bond motifs is 1. The minimum Gasteiger partial charge on any atom is -0.481 e. The number of nitrogens with one attached hydrogen (secondary N) is 1. The second-order valence-corrected chi connectivity index (χ2v) is 4.96. The van der Waals surface area contributed by atoms with Crippen LogP contribution < -0.4 is 5.32 Å². The summed E-state index contributed by atoms with van der Waals surface area (Å²) in [7, 11) is 1.92. The third-order valence-corrected chi connectivity index (χ3v) is 4.15. The Hall–Kier alpha value is -0.570. The Morgan fingerprint density at radius 1 is 1.57 bits per heavy atom. The van der Waals surface area contributed by atoms with Gasteiger partial charge in [-0.1, -0.05) is 12.8 Å². The van der Waals surface area contributed by atoms with Crippen LogP contribution >= 0.6 is 0 Å². The lowest BCUT2D eigenvalue weighted by Gasteiger charge is -2.52. The van der Waals surface area contributed by atoms with E-state index in [-0.39, 0.29) is 5.41 Å². The molecule has 2 aliphatic rings. The molecule has 0 unspecified atom stereocenters. The van der Waals surface area contributed by atoms with E-state index >= 15 is 0 Å². The van der Waals surface area contributed by atoms with Crippen LogP contribution in [0.5, 0.6) is 0 Å². The van der Waals surface area contributed by atoms with Gasteiger partial charge < -0.3 is 10.4 Å². The first-order chi connectivity index (χ1) is 6.68. The monoisotopic (exact) mass is 197 g/mol. The van der Waals surface area contributed by atoms with E-state index in [1.807, 2.05) is 7.05 Å². The molecule has 0 amide bonds. The molecular formula is C11H19NO2. The Labute approximate surface area is 84.9 Å². The van der Waals surface area contributed by atoms with Crippen LogP contribution in [0.3, 0.4) is 0 Å². The van der Waals surface area contributed by atoms with Gasteiger partial charge >= 0.3 is 5.97 Å². The molecule has 3 nitrogen and oxygen atoms in total. The van der Waals surface area contributed by atoms with Crippen LogP contribution in [0.25, 0.3) is 0 Å². The summed E-state index contributed by atoms with van der Waals surface area (Å²) in [5, 5.41) is 12.1. The largest absolute Gasteiger partial charge is 0.481 e. The van der Waals surface area contributed by atoms with Crippen LogP contribution in [0.4, 0.5) is 0 Å². The van der Waals surface area contributed by atoms with Crippen LogP contribution in [0.2, 0.25) is 0 Å². The van der Waals surface area contributed by atoms with Crippen LogP contribution in [0.15, 0.2) is 0 Å². The Morgan fingerprint density at radius 3 is 2.93 bits per heavy atom. The van der Waals surface area contributed by atoms with Gasteiger partial charge in [0.15, 0.2) is 0 Å². The molecule has 0 aliphatic heterocycles. The van der Waals surface area contributed by atoms with Crippen molar-refractivity contribution in [3.8, 4) is 0 Å². The number of rotatable bonds is 4. The molecule has 0 aromatic rings. The van der Waals surface area contributed by atoms with Gasteiger partial charge in [-0.2, -0.15) is 0 Å². The highest BCUT2D eigenvalue weighted by Gasteiger charge is 2.55. The molecule has 2 saturated carbocycles. The minimum atomic E-state index is -0.634. The van der Waals surface area contributed by atoms with Crippen molar-refractivity contribution in [3.63, 3.8) is 0 Å². The number of hydrogen-bond donors (Lipinski definition) is 2. The zero-order chi connectivity index (χ0) is 10.2. The maximum atomic E-state index is 10.8. The lowest BCUT2D eigenvalue weighted by molar-refractivity contribution is -0.145. The average Bonchev–Trinajstić information content (AvgIpc) is 2.46. The molecule has 80 valence electrons. The van der Waals surface area contributed by atoms with Crippen molar-refractivity contribution in [2.45, 2.75) is 32.1 Å².